The number of hydrogen-bond donors (Lipinski definition) is 2. The van der Waals surface area contributed by atoms with E-state index in [4.69, 9.17) is 0 Å². The molecule has 0 atom stereocenters. The molecule has 1 aromatic carbocycles. The van der Waals surface area contributed by atoms with E-state index in [1.54, 1.807) is 0 Å². The van der Waals surface area contributed by atoms with Crippen LogP contribution in [0, 0.1) is 0 Å². The number of nitrogens with zero attached hydrogens (tertiary/aromatic N) is 2. The predicted molar refractivity (Wildman–Crippen MR) is 82.8 cm³/mol. The van der Waals surface area contributed by atoms with Crippen LogP contribution in [0.2, 0.25) is 0 Å². The summed E-state index contributed by atoms with van der Waals surface area (Å²) in [6.45, 7) is 4.56. The zero-order chi connectivity index (χ0) is 13.6. The fourth-order valence-corrected chi connectivity index (χ4v) is 2.78. The molecule has 1 aliphatic heterocycles. The fraction of sp³-hybridized carbons (Fsp3) is 0.438. The van der Waals surface area contributed by atoms with Crippen molar-refractivity contribution in [2.75, 3.05) is 31.5 Å². The van der Waals surface area contributed by atoms with Crippen molar-refractivity contribution in [1.29, 1.82) is 0 Å². The summed E-state index contributed by atoms with van der Waals surface area (Å²) in [4.78, 5) is 2.54. The van der Waals surface area contributed by atoms with Gasteiger partial charge in [0.25, 0.3) is 0 Å². The third kappa shape index (κ3) is 3.20. The van der Waals surface area contributed by atoms with Crippen LogP contribution in [-0.2, 0) is 0 Å². The van der Waals surface area contributed by atoms with Gasteiger partial charge in [-0.05, 0) is 31.5 Å². The Labute approximate surface area is 120 Å². The molecule has 1 saturated heterocycles. The summed E-state index contributed by atoms with van der Waals surface area (Å²) in [6.07, 6.45) is 5.97. The molecule has 0 bridgehead atoms. The van der Waals surface area contributed by atoms with Gasteiger partial charge >= 0.3 is 0 Å². The summed E-state index contributed by atoms with van der Waals surface area (Å²) in [6, 6.07) is 10.4. The average Bonchev–Trinajstić information content (AvgIpc) is 2.98. The number of H-pyrrole nitrogens is 1. The molecule has 0 unspecified atom stereocenters. The topological polar surface area (TPSA) is 44.0 Å². The van der Waals surface area contributed by atoms with Crippen LogP contribution in [0.1, 0.15) is 19.3 Å². The number of hydrogen-bond acceptors (Lipinski definition) is 3. The van der Waals surface area contributed by atoms with Gasteiger partial charge in [-0.3, -0.25) is 5.10 Å². The van der Waals surface area contributed by atoms with Gasteiger partial charge in [-0.2, -0.15) is 5.10 Å². The lowest BCUT2D eigenvalue weighted by Gasteiger charge is -2.26. The highest BCUT2D eigenvalue weighted by molar-refractivity contribution is 5.74. The van der Waals surface area contributed by atoms with Gasteiger partial charge in [-0.15, -0.1) is 0 Å². The van der Waals surface area contributed by atoms with Gasteiger partial charge in [0.1, 0.15) is 5.82 Å². The molecule has 0 amide bonds. The number of rotatable bonds is 5. The van der Waals surface area contributed by atoms with Crippen LogP contribution in [0.3, 0.4) is 0 Å². The first kappa shape index (κ1) is 13.2. The first-order valence-corrected chi connectivity index (χ1v) is 7.48. The van der Waals surface area contributed by atoms with Crippen molar-refractivity contribution in [3.63, 3.8) is 0 Å². The summed E-state index contributed by atoms with van der Waals surface area (Å²) < 4.78 is 0. The van der Waals surface area contributed by atoms with Crippen molar-refractivity contribution >= 4 is 5.82 Å². The highest BCUT2D eigenvalue weighted by Crippen LogP contribution is 2.25. The van der Waals surface area contributed by atoms with Crippen LogP contribution in [-0.4, -0.2) is 41.3 Å². The number of aromatic nitrogens is 2. The smallest absolute Gasteiger partial charge is 0.129 e. The van der Waals surface area contributed by atoms with Gasteiger partial charge in [-0.1, -0.05) is 36.8 Å². The number of likely N-dealkylation sites (tertiary alicyclic amines) is 1. The Kier molecular flexibility index (Phi) is 4.33. The molecule has 1 aliphatic rings. The minimum absolute atomic E-state index is 0.960. The first-order valence-electron chi connectivity index (χ1n) is 7.48. The van der Waals surface area contributed by atoms with Crippen LogP contribution in [0.25, 0.3) is 11.1 Å². The molecule has 2 aromatic rings. The van der Waals surface area contributed by atoms with E-state index in [2.05, 4.69) is 44.7 Å². The number of nitrogens with one attached hydrogen (secondary N) is 2. The molecule has 20 heavy (non-hydrogen) atoms. The van der Waals surface area contributed by atoms with Crippen molar-refractivity contribution in [2.45, 2.75) is 19.3 Å². The summed E-state index contributed by atoms with van der Waals surface area (Å²) in [7, 11) is 0. The lowest BCUT2D eigenvalue weighted by Crippen LogP contribution is -2.33. The van der Waals surface area contributed by atoms with Crippen molar-refractivity contribution in [1.82, 2.24) is 15.1 Å². The first-order chi connectivity index (χ1) is 9.93. The molecule has 0 saturated carbocycles. The SMILES string of the molecule is c1ccc(-c2cn[nH]c2NCCN2CCCCC2)cc1. The molecule has 4 heteroatoms. The number of benzene rings is 1. The summed E-state index contributed by atoms with van der Waals surface area (Å²) >= 11 is 0. The minimum atomic E-state index is 0.960. The Morgan fingerprint density at radius 2 is 1.90 bits per heavy atom. The molecule has 2 heterocycles. The second-order valence-electron chi connectivity index (χ2n) is 5.35. The quantitative estimate of drug-likeness (QED) is 0.878. The van der Waals surface area contributed by atoms with E-state index in [9.17, 15) is 0 Å². The second kappa shape index (κ2) is 6.57. The lowest BCUT2D eigenvalue weighted by molar-refractivity contribution is 0.237. The minimum Gasteiger partial charge on any atom is -0.369 e. The van der Waals surface area contributed by atoms with E-state index in [1.807, 2.05) is 12.3 Å². The monoisotopic (exact) mass is 270 g/mol. The van der Waals surface area contributed by atoms with Crippen LogP contribution >= 0.6 is 0 Å². The molecule has 0 aliphatic carbocycles. The fourth-order valence-electron chi connectivity index (χ4n) is 2.78. The molecular formula is C16H22N4. The molecule has 106 valence electrons. The van der Waals surface area contributed by atoms with Gasteiger partial charge in [0.05, 0.1) is 6.20 Å². The van der Waals surface area contributed by atoms with Crippen molar-refractivity contribution in [3.05, 3.63) is 36.5 Å². The Morgan fingerprint density at radius 1 is 1.10 bits per heavy atom. The third-order valence-corrected chi connectivity index (χ3v) is 3.90. The maximum absolute atomic E-state index is 4.16. The number of aromatic amines is 1. The van der Waals surface area contributed by atoms with Crippen molar-refractivity contribution in [3.8, 4) is 11.1 Å². The molecule has 3 rings (SSSR count). The van der Waals surface area contributed by atoms with E-state index in [0.717, 1.165) is 24.5 Å². The van der Waals surface area contributed by atoms with Crippen molar-refractivity contribution in [2.24, 2.45) is 0 Å². The maximum atomic E-state index is 4.16. The normalized spacial score (nSPS) is 16.2. The van der Waals surface area contributed by atoms with E-state index in [-0.39, 0.29) is 0 Å². The standard InChI is InChI=1S/C16H22N4/c1-3-7-14(8-4-1)15-13-18-19-16(15)17-9-12-20-10-5-2-6-11-20/h1,3-4,7-8,13H,2,5-6,9-12H2,(H2,17,18,19). The van der Waals surface area contributed by atoms with E-state index < -0.39 is 0 Å². The van der Waals surface area contributed by atoms with E-state index in [1.165, 1.54) is 37.9 Å². The zero-order valence-electron chi connectivity index (χ0n) is 11.8. The Bertz CT molecular complexity index is 514. The predicted octanol–water partition coefficient (Wildman–Crippen LogP) is 2.97. The molecule has 4 nitrogen and oxygen atoms in total. The zero-order valence-corrected chi connectivity index (χ0v) is 11.8. The van der Waals surface area contributed by atoms with Gasteiger partial charge in [0.15, 0.2) is 0 Å². The molecule has 2 N–H and O–H groups in total. The second-order valence-corrected chi connectivity index (χ2v) is 5.35. The van der Waals surface area contributed by atoms with Crippen LogP contribution < -0.4 is 5.32 Å². The highest BCUT2D eigenvalue weighted by Gasteiger charge is 2.10. The summed E-state index contributed by atoms with van der Waals surface area (Å²) in [5, 5.41) is 10.7. The molecule has 0 radical (unpaired) electrons. The number of piperidine rings is 1. The van der Waals surface area contributed by atoms with Crippen LogP contribution in [0.5, 0.6) is 0 Å². The lowest BCUT2D eigenvalue weighted by atomic mass is 10.1. The Morgan fingerprint density at radius 3 is 2.70 bits per heavy atom. The van der Waals surface area contributed by atoms with E-state index >= 15 is 0 Å². The third-order valence-electron chi connectivity index (χ3n) is 3.90. The molecule has 1 fully saturated rings. The average molecular weight is 270 g/mol. The van der Waals surface area contributed by atoms with Crippen LogP contribution in [0.15, 0.2) is 36.5 Å². The highest BCUT2D eigenvalue weighted by atomic mass is 15.2. The molecule has 1 aromatic heterocycles. The number of anilines is 1. The van der Waals surface area contributed by atoms with Gasteiger partial charge in [0, 0.05) is 18.7 Å². The van der Waals surface area contributed by atoms with Gasteiger partial charge in [0.2, 0.25) is 0 Å². The maximum Gasteiger partial charge on any atom is 0.129 e. The molecular weight excluding hydrogens is 248 g/mol. The Balaban J connectivity index is 1.57. The van der Waals surface area contributed by atoms with Gasteiger partial charge < -0.3 is 10.2 Å². The molecule has 0 spiro atoms. The van der Waals surface area contributed by atoms with Crippen molar-refractivity contribution < 1.29 is 0 Å². The van der Waals surface area contributed by atoms with E-state index in [0.29, 0.717) is 0 Å². The largest absolute Gasteiger partial charge is 0.369 e. The summed E-state index contributed by atoms with van der Waals surface area (Å²) in [5.41, 5.74) is 2.34. The Hall–Kier alpha value is -1.81. The van der Waals surface area contributed by atoms with Gasteiger partial charge in [-0.25, -0.2) is 0 Å². The summed E-state index contributed by atoms with van der Waals surface area (Å²) in [5.74, 6) is 1.02. The van der Waals surface area contributed by atoms with Crippen LogP contribution in [0.4, 0.5) is 5.82 Å².